The number of amides is 1. The van der Waals surface area contributed by atoms with Gasteiger partial charge in [0.05, 0.1) is 44.5 Å². The lowest BCUT2D eigenvalue weighted by molar-refractivity contribution is -0.0429. The van der Waals surface area contributed by atoms with Crippen LogP contribution in [0.15, 0.2) is 51.4 Å². The Hall–Kier alpha value is -3.57. The zero-order valence-corrected chi connectivity index (χ0v) is 20.3. The van der Waals surface area contributed by atoms with Crippen LogP contribution in [-0.4, -0.2) is 48.6 Å². The van der Waals surface area contributed by atoms with Gasteiger partial charge in [-0.1, -0.05) is 11.8 Å². The fourth-order valence-corrected chi connectivity index (χ4v) is 5.23. The van der Waals surface area contributed by atoms with E-state index in [0.29, 0.717) is 57.1 Å². The minimum atomic E-state index is -0.445. The molecule has 2 aliphatic heterocycles. The van der Waals surface area contributed by atoms with E-state index in [0.717, 1.165) is 24.6 Å². The highest BCUT2D eigenvalue weighted by Crippen LogP contribution is 2.46. The van der Waals surface area contributed by atoms with Crippen molar-refractivity contribution in [3.8, 4) is 17.2 Å². The summed E-state index contributed by atoms with van der Waals surface area (Å²) in [5, 5.41) is 4.85. The Morgan fingerprint density at radius 3 is 2.51 bits per heavy atom. The molecule has 11 heteroatoms. The van der Waals surface area contributed by atoms with E-state index in [-0.39, 0.29) is 11.5 Å². The molecule has 3 aromatic rings. The van der Waals surface area contributed by atoms with Gasteiger partial charge >= 0.3 is 0 Å². The van der Waals surface area contributed by atoms with Crippen LogP contribution in [0.5, 0.6) is 17.2 Å². The number of fused-ring (bicyclic) bond motifs is 2. The SMILES string of the molecule is COc1cc(N2C(=O)c3cccnc3Sc3c2cnn(C2CCCCO2)c3=O)cc(OC)c1OC. The van der Waals surface area contributed by atoms with Crippen molar-refractivity contribution in [1.82, 2.24) is 14.8 Å². The number of hydrogen-bond donors (Lipinski definition) is 0. The third-order valence-corrected chi connectivity index (χ3v) is 7.03. The molecule has 0 spiro atoms. The van der Waals surface area contributed by atoms with Gasteiger partial charge in [-0.3, -0.25) is 14.5 Å². The van der Waals surface area contributed by atoms with Gasteiger partial charge in [0, 0.05) is 24.9 Å². The molecule has 1 amide bonds. The molecule has 2 aliphatic rings. The quantitative estimate of drug-likeness (QED) is 0.521. The zero-order chi connectivity index (χ0) is 24.5. The van der Waals surface area contributed by atoms with Gasteiger partial charge in [0.25, 0.3) is 11.5 Å². The van der Waals surface area contributed by atoms with E-state index < -0.39 is 6.23 Å². The number of methoxy groups -OCH3 is 3. The van der Waals surface area contributed by atoms with Crippen LogP contribution in [0, 0.1) is 0 Å². The van der Waals surface area contributed by atoms with Gasteiger partial charge in [-0.25, -0.2) is 4.98 Å². The largest absolute Gasteiger partial charge is 0.493 e. The predicted octanol–water partition coefficient (Wildman–Crippen LogP) is 3.81. The smallest absolute Gasteiger partial charge is 0.285 e. The normalized spacial score (nSPS) is 17.3. The first-order chi connectivity index (χ1) is 17.1. The molecule has 1 aromatic carbocycles. The van der Waals surface area contributed by atoms with E-state index in [4.69, 9.17) is 18.9 Å². The Labute approximate surface area is 205 Å². The van der Waals surface area contributed by atoms with E-state index in [1.807, 2.05) is 0 Å². The first-order valence-corrected chi connectivity index (χ1v) is 11.9. The summed E-state index contributed by atoms with van der Waals surface area (Å²) in [5.41, 5.74) is 0.783. The van der Waals surface area contributed by atoms with Gasteiger partial charge in [-0.2, -0.15) is 9.78 Å². The van der Waals surface area contributed by atoms with Crippen molar-refractivity contribution in [3.05, 3.63) is 52.6 Å². The summed E-state index contributed by atoms with van der Waals surface area (Å²) in [5.74, 6) is 0.773. The number of carbonyl (C=O) groups excluding carboxylic acids is 1. The number of hydrogen-bond acceptors (Lipinski definition) is 9. The molecule has 0 N–H and O–H groups in total. The Morgan fingerprint density at radius 2 is 1.86 bits per heavy atom. The van der Waals surface area contributed by atoms with E-state index in [2.05, 4.69) is 10.1 Å². The predicted molar refractivity (Wildman–Crippen MR) is 128 cm³/mol. The molecule has 1 atom stereocenters. The summed E-state index contributed by atoms with van der Waals surface area (Å²) in [4.78, 5) is 33.7. The van der Waals surface area contributed by atoms with Crippen LogP contribution in [0.25, 0.3) is 0 Å². The number of rotatable bonds is 5. The molecule has 182 valence electrons. The highest BCUT2D eigenvalue weighted by Gasteiger charge is 2.34. The lowest BCUT2D eigenvalue weighted by Crippen LogP contribution is -2.34. The van der Waals surface area contributed by atoms with Crippen molar-refractivity contribution in [3.63, 3.8) is 0 Å². The highest BCUT2D eigenvalue weighted by molar-refractivity contribution is 7.99. The molecule has 1 unspecified atom stereocenters. The molecule has 5 rings (SSSR count). The lowest BCUT2D eigenvalue weighted by atomic mass is 10.1. The fourth-order valence-electron chi connectivity index (χ4n) is 4.23. The number of benzene rings is 1. The minimum absolute atomic E-state index is 0.328. The van der Waals surface area contributed by atoms with E-state index in [1.165, 1.54) is 37.1 Å². The highest BCUT2D eigenvalue weighted by atomic mass is 32.2. The van der Waals surface area contributed by atoms with E-state index in [9.17, 15) is 9.59 Å². The molecule has 4 heterocycles. The summed E-state index contributed by atoms with van der Waals surface area (Å²) in [6, 6.07) is 6.69. The second-order valence-electron chi connectivity index (χ2n) is 7.91. The van der Waals surface area contributed by atoms with Gasteiger partial charge in [-0.05, 0) is 31.4 Å². The fraction of sp³-hybridized carbons (Fsp3) is 0.333. The van der Waals surface area contributed by atoms with Gasteiger partial charge < -0.3 is 18.9 Å². The Morgan fingerprint density at radius 1 is 1.09 bits per heavy atom. The van der Waals surface area contributed by atoms with Crippen molar-refractivity contribution >= 4 is 29.0 Å². The molecule has 10 nitrogen and oxygen atoms in total. The summed E-state index contributed by atoms with van der Waals surface area (Å²) in [6.07, 6.45) is 5.27. The number of nitrogens with zero attached hydrogens (tertiary/aromatic N) is 4. The third kappa shape index (κ3) is 4.00. The van der Waals surface area contributed by atoms with Crippen LogP contribution in [0.3, 0.4) is 0 Å². The maximum Gasteiger partial charge on any atom is 0.285 e. The first-order valence-electron chi connectivity index (χ1n) is 11.1. The van der Waals surface area contributed by atoms with Crippen molar-refractivity contribution in [2.24, 2.45) is 0 Å². The van der Waals surface area contributed by atoms with E-state index >= 15 is 0 Å². The van der Waals surface area contributed by atoms with Gasteiger partial charge in [0.1, 0.15) is 9.92 Å². The number of ether oxygens (including phenoxy) is 4. The minimum Gasteiger partial charge on any atom is -0.493 e. The van der Waals surface area contributed by atoms with Crippen molar-refractivity contribution < 1.29 is 23.7 Å². The maximum atomic E-state index is 13.8. The van der Waals surface area contributed by atoms with Crippen LogP contribution in [-0.2, 0) is 4.74 Å². The molecular formula is C24H24N4O6S. The number of pyridine rings is 1. The second-order valence-corrected chi connectivity index (χ2v) is 8.91. The van der Waals surface area contributed by atoms with Crippen LogP contribution >= 0.6 is 11.8 Å². The zero-order valence-electron chi connectivity index (χ0n) is 19.5. The molecule has 0 radical (unpaired) electrons. The first kappa shape index (κ1) is 23.2. The van der Waals surface area contributed by atoms with Crippen molar-refractivity contribution in [1.29, 1.82) is 0 Å². The average molecular weight is 497 g/mol. The molecule has 0 aliphatic carbocycles. The van der Waals surface area contributed by atoms with Crippen LogP contribution in [0.1, 0.15) is 35.8 Å². The summed E-state index contributed by atoms with van der Waals surface area (Å²) in [7, 11) is 4.50. The Kier molecular flexibility index (Phi) is 6.35. The molecule has 2 aromatic heterocycles. The summed E-state index contributed by atoms with van der Waals surface area (Å²) < 4.78 is 23.6. The summed E-state index contributed by atoms with van der Waals surface area (Å²) >= 11 is 1.15. The molecule has 35 heavy (non-hydrogen) atoms. The van der Waals surface area contributed by atoms with Crippen molar-refractivity contribution in [2.45, 2.75) is 35.4 Å². The van der Waals surface area contributed by atoms with Gasteiger partial charge in [0.2, 0.25) is 5.75 Å². The van der Waals surface area contributed by atoms with E-state index in [1.54, 1.807) is 30.5 Å². The standard InChI is InChI=1S/C24H24N4O6S/c1-31-17-11-14(12-18(32-2)20(17)33-3)27-16-13-26-28(19-8-4-5-10-34-19)24(30)21(16)35-22-15(23(27)29)7-6-9-25-22/h6-7,9,11-13,19H,4-5,8,10H2,1-3H3. The lowest BCUT2D eigenvalue weighted by Gasteiger charge is -2.26. The third-order valence-electron chi connectivity index (χ3n) is 5.92. The molecule has 0 bridgehead atoms. The average Bonchev–Trinajstić information content (AvgIpc) is 3.03. The molecular weight excluding hydrogens is 472 g/mol. The van der Waals surface area contributed by atoms with Gasteiger partial charge in [0.15, 0.2) is 17.7 Å². The Balaban J connectivity index is 1.74. The Bertz CT molecular complexity index is 1310. The van der Waals surface area contributed by atoms with Crippen LogP contribution in [0.4, 0.5) is 11.4 Å². The number of anilines is 2. The second kappa shape index (κ2) is 9.59. The van der Waals surface area contributed by atoms with Gasteiger partial charge in [-0.15, -0.1) is 0 Å². The molecule has 0 saturated carbocycles. The number of carbonyl (C=O) groups is 1. The molecule has 1 saturated heterocycles. The number of aromatic nitrogens is 3. The summed E-state index contributed by atoms with van der Waals surface area (Å²) in [6.45, 7) is 0.573. The molecule has 1 fully saturated rings. The monoisotopic (exact) mass is 496 g/mol. The van der Waals surface area contributed by atoms with Crippen molar-refractivity contribution in [2.75, 3.05) is 32.8 Å². The maximum absolute atomic E-state index is 13.8. The topological polar surface area (TPSA) is 105 Å². The van der Waals surface area contributed by atoms with Crippen LogP contribution < -0.4 is 24.7 Å². The van der Waals surface area contributed by atoms with Crippen LogP contribution in [0.2, 0.25) is 0 Å².